The number of rotatable bonds is 7. The quantitative estimate of drug-likeness (QED) is 0.458. The van der Waals surface area contributed by atoms with Crippen molar-refractivity contribution in [2.75, 3.05) is 12.5 Å². The predicted octanol–water partition coefficient (Wildman–Crippen LogP) is 6.07. The van der Waals surface area contributed by atoms with Crippen molar-refractivity contribution >= 4 is 40.1 Å². The van der Waals surface area contributed by atoms with E-state index in [-0.39, 0.29) is 5.92 Å². The van der Waals surface area contributed by atoms with Crippen LogP contribution in [0.4, 0.5) is 0 Å². The highest BCUT2D eigenvalue weighted by molar-refractivity contribution is 8.05. The molecule has 4 heteroatoms. The number of hydrogen-bond donors (Lipinski definition) is 1. The van der Waals surface area contributed by atoms with E-state index < -0.39 is 10.8 Å². The molecular formula is C20H26OS3. The summed E-state index contributed by atoms with van der Waals surface area (Å²) in [7, 11) is -1.08. The van der Waals surface area contributed by atoms with E-state index in [1.807, 2.05) is 49.6 Å². The third-order valence-corrected chi connectivity index (χ3v) is 5.92. The van der Waals surface area contributed by atoms with Gasteiger partial charge in [0.05, 0.1) is 10.8 Å². The molecule has 1 nitrogen and oxygen atoms in total. The lowest BCUT2D eigenvalue weighted by Gasteiger charge is -2.13. The van der Waals surface area contributed by atoms with Gasteiger partial charge in [0.2, 0.25) is 0 Å². The summed E-state index contributed by atoms with van der Waals surface area (Å²) in [5.41, 5.74) is 2.24. The molecule has 24 heavy (non-hydrogen) atoms. The zero-order valence-corrected chi connectivity index (χ0v) is 17.5. The van der Waals surface area contributed by atoms with Crippen LogP contribution in [0, 0.1) is 5.92 Å². The molecule has 0 N–H and O–H groups in total. The van der Waals surface area contributed by atoms with Crippen LogP contribution in [-0.2, 0) is 10.8 Å². The number of thioether (sulfide) groups is 1. The van der Waals surface area contributed by atoms with Crippen molar-refractivity contribution in [3.05, 3.63) is 75.6 Å². The highest BCUT2D eigenvalue weighted by Crippen LogP contribution is 2.35. The van der Waals surface area contributed by atoms with Gasteiger partial charge in [-0.2, -0.15) is 0 Å². The number of hydrogen-bond acceptors (Lipinski definition) is 3. The van der Waals surface area contributed by atoms with E-state index in [2.05, 4.69) is 32.1 Å². The topological polar surface area (TPSA) is 17.1 Å². The number of allylic oxidation sites excluding steroid dienone is 5. The van der Waals surface area contributed by atoms with E-state index in [9.17, 15) is 4.21 Å². The number of thiol groups is 1. The minimum Gasteiger partial charge on any atom is -0.255 e. The van der Waals surface area contributed by atoms with Crippen molar-refractivity contribution in [2.24, 2.45) is 5.92 Å². The molecule has 0 radical (unpaired) electrons. The molecule has 0 bridgehead atoms. The summed E-state index contributed by atoms with van der Waals surface area (Å²) < 4.78 is 12.4. The summed E-state index contributed by atoms with van der Waals surface area (Å²) in [5, 5.41) is 0. The molecule has 0 aliphatic heterocycles. The van der Waals surface area contributed by atoms with Crippen LogP contribution < -0.4 is 0 Å². The molecule has 0 saturated carbocycles. The minimum atomic E-state index is -1.08. The van der Waals surface area contributed by atoms with Crippen molar-refractivity contribution in [3.63, 3.8) is 0 Å². The van der Waals surface area contributed by atoms with Gasteiger partial charge in [-0.25, -0.2) is 0 Å². The van der Waals surface area contributed by atoms with E-state index in [1.165, 1.54) is 5.57 Å². The number of benzene rings is 1. The molecular weight excluding hydrogens is 352 g/mol. The minimum absolute atomic E-state index is 0.194. The van der Waals surface area contributed by atoms with Crippen LogP contribution in [0.1, 0.15) is 26.3 Å². The first-order valence-electron chi connectivity index (χ1n) is 7.80. The molecule has 0 saturated heterocycles. The van der Waals surface area contributed by atoms with Gasteiger partial charge in [0.25, 0.3) is 0 Å². The molecule has 0 spiro atoms. The zero-order chi connectivity index (χ0) is 18.1. The lowest BCUT2D eigenvalue weighted by molar-refractivity contribution is 0.690. The lowest BCUT2D eigenvalue weighted by Crippen LogP contribution is -1.99. The maximum atomic E-state index is 12.4. The monoisotopic (exact) mass is 378 g/mol. The molecule has 1 aromatic rings. The van der Waals surface area contributed by atoms with E-state index in [1.54, 1.807) is 18.0 Å². The molecule has 2 unspecified atom stereocenters. The Morgan fingerprint density at radius 1 is 1.25 bits per heavy atom. The first-order chi connectivity index (χ1) is 11.4. The average molecular weight is 379 g/mol. The molecule has 0 aromatic heterocycles. The summed E-state index contributed by atoms with van der Waals surface area (Å²) >= 11 is 6.30. The Kier molecular flexibility index (Phi) is 9.49. The van der Waals surface area contributed by atoms with Gasteiger partial charge in [0.1, 0.15) is 0 Å². The van der Waals surface area contributed by atoms with E-state index in [0.717, 1.165) is 20.3 Å². The Morgan fingerprint density at radius 2 is 1.88 bits per heavy atom. The molecule has 0 aliphatic rings. The average Bonchev–Trinajstić information content (AvgIpc) is 2.55. The fourth-order valence-corrected chi connectivity index (χ4v) is 4.93. The highest BCUT2D eigenvalue weighted by atomic mass is 32.2. The van der Waals surface area contributed by atoms with Crippen LogP contribution >= 0.6 is 24.4 Å². The SMILES string of the molecule is C/C=C\C(C)=C/C(C)/C=C(/C(SC)=C(\S)c1ccccc1)S(C)=O. The maximum absolute atomic E-state index is 12.4. The summed E-state index contributed by atoms with van der Waals surface area (Å²) in [6.07, 6.45) is 12.1. The molecule has 0 amide bonds. The predicted molar refractivity (Wildman–Crippen MR) is 116 cm³/mol. The van der Waals surface area contributed by atoms with E-state index in [0.29, 0.717) is 0 Å². The Balaban J connectivity index is 3.33. The van der Waals surface area contributed by atoms with Crippen molar-refractivity contribution in [3.8, 4) is 0 Å². The normalized spacial score (nSPS) is 16.9. The Hall–Kier alpha value is -0.970. The van der Waals surface area contributed by atoms with Gasteiger partial charge in [-0.15, -0.1) is 24.4 Å². The van der Waals surface area contributed by atoms with Crippen molar-refractivity contribution < 1.29 is 4.21 Å². The van der Waals surface area contributed by atoms with Crippen LogP contribution in [0.5, 0.6) is 0 Å². The molecule has 0 fully saturated rings. The second-order valence-corrected chi connectivity index (χ2v) is 8.11. The van der Waals surface area contributed by atoms with Gasteiger partial charge in [0.15, 0.2) is 0 Å². The van der Waals surface area contributed by atoms with Crippen molar-refractivity contribution in [1.82, 2.24) is 0 Å². The second-order valence-electron chi connectivity index (χ2n) is 5.50. The lowest BCUT2D eigenvalue weighted by atomic mass is 10.1. The molecule has 0 aliphatic carbocycles. The van der Waals surface area contributed by atoms with Crippen molar-refractivity contribution in [1.29, 1.82) is 0 Å². The summed E-state index contributed by atoms with van der Waals surface area (Å²) in [6, 6.07) is 10.0. The maximum Gasteiger partial charge on any atom is 0.0506 e. The van der Waals surface area contributed by atoms with Gasteiger partial charge in [0, 0.05) is 21.0 Å². The van der Waals surface area contributed by atoms with Crippen LogP contribution in [0.25, 0.3) is 4.91 Å². The Morgan fingerprint density at radius 3 is 2.38 bits per heavy atom. The first kappa shape index (κ1) is 21.1. The molecule has 0 heterocycles. The Bertz CT molecular complexity index is 682. The molecule has 130 valence electrons. The summed E-state index contributed by atoms with van der Waals surface area (Å²) in [5.74, 6) is 0.194. The second kappa shape index (κ2) is 10.8. The summed E-state index contributed by atoms with van der Waals surface area (Å²) in [6.45, 7) is 6.19. The standard InChI is InChI=1S/C20H26OS3/c1-6-10-15(2)13-16(3)14-18(24(5)21)20(23-4)19(22)17-11-8-7-9-12-17/h6-14,16,22H,1-5H3/b10-6-,15-13-,18-14-,20-19+. The van der Waals surface area contributed by atoms with Crippen LogP contribution in [-0.4, -0.2) is 16.7 Å². The smallest absolute Gasteiger partial charge is 0.0506 e. The van der Waals surface area contributed by atoms with E-state index in [4.69, 9.17) is 12.6 Å². The van der Waals surface area contributed by atoms with Crippen LogP contribution in [0.2, 0.25) is 0 Å². The van der Waals surface area contributed by atoms with Gasteiger partial charge in [-0.1, -0.05) is 67.1 Å². The van der Waals surface area contributed by atoms with Crippen molar-refractivity contribution in [2.45, 2.75) is 20.8 Å². The third kappa shape index (κ3) is 6.50. The molecule has 2 atom stereocenters. The van der Waals surface area contributed by atoms with Gasteiger partial charge < -0.3 is 0 Å². The zero-order valence-electron chi connectivity index (χ0n) is 14.9. The van der Waals surface area contributed by atoms with Gasteiger partial charge in [-0.3, -0.25) is 4.21 Å². The Labute approximate surface area is 158 Å². The fraction of sp³-hybridized carbons (Fsp3) is 0.300. The highest BCUT2D eigenvalue weighted by Gasteiger charge is 2.15. The van der Waals surface area contributed by atoms with E-state index >= 15 is 0 Å². The summed E-state index contributed by atoms with van der Waals surface area (Å²) in [4.78, 5) is 2.67. The van der Waals surface area contributed by atoms with Crippen LogP contribution in [0.3, 0.4) is 0 Å². The van der Waals surface area contributed by atoms with Gasteiger partial charge in [-0.05, 0) is 31.6 Å². The molecule has 1 aromatic carbocycles. The first-order valence-corrected chi connectivity index (χ1v) is 11.0. The third-order valence-electron chi connectivity index (χ3n) is 3.37. The molecule has 1 rings (SSSR count). The van der Waals surface area contributed by atoms with Gasteiger partial charge >= 0.3 is 0 Å². The fourth-order valence-electron chi connectivity index (χ4n) is 2.36. The van der Waals surface area contributed by atoms with Crippen LogP contribution in [0.15, 0.2) is 70.0 Å². The largest absolute Gasteiger partial charge is 0.255 e.